The van der Waals surface area contributed by atoms with E-state index in [1.807, 2.05) is 0 Å². The summed E-state index contributed by atoms with van der Waals surface area (Å²) in [6.45, 7) is 3.60. The highest BCUT2D eigenvalue weighted by Gasteiger charge is 2.20. The van der Waals surface area contributed by atoms with Crippen LogP contribution in [-0.4, -0.2) is 31.6 Å². The van der Waals surface area contributed by atoms with Gasteiger partial charge in [0.25, 0.3) is 0 Å². The van der Waals surface area contributed by atoms with E-state index >= 15 is 0 Å². The van der Waals surface area contributed by atoms with Crippen LogP contribution < -0.4 is 10.0 Å². The molecule has 9 heteroatoms. The van der Waals surface area contributed by atoms with E-state index in [1.165, 1.54) is 47.4 Å². The lowest BCUT2D eigenvalue weighted by Crippen LogP contribution is -2.27. The Kier molecular flexibility index (Phi) is 6.26. The molecule has 0 saturated heterocycles. The van der Waals surface area contributed by atoms with Gasteiger partial charge < -0.3 is 5.32 Å². The van der Waals surface area contributed by atoms with Crippen LogP contribution in [0.1, 0.15) is 47.6 Å². The third kappa shape index (κ3) is 5.03. The van der Waals surface area contributed by atoms with Gasteiger partial charge >= 0.3 is 0 Å². The van der Waals surface area contributed by atoms with Gasteiger partial charge in [-0.05, 0) is 44.2 Å². The fourth-order valence-corrected chi connectivity index (χ4v) is 5.25. The Morgan fingerprint density at radius 3 is 2.64 bits per heavy atom. The molecule has 3 rings (SSSR count). The number of hydrogen-bond acceptors (Lipinski definition) is 6. The molecule has 1 amide bonds. The summed E-state index contributed by atoms with van der Waals surface area (Å²) in [5.74, 6) is 0.219. The molecule has 28 heavy (non-hydrogen) atoms. The maximum Gasteiger partial charge on any atom is 0.240 e. The standard InChI is InChI=1S/C19H23N3O4S2/c1-12-3-8-16-17(11-12)27-19(21-16)22-18(24)9-10-20-28(25,26)15-6-4-14(5-7-15)13(2)23/h4-7,12,20H,3,8-11H2,1-2H3,(H,21,22,24). The van der Waals surface area contributed by atoms with E-state index in [-0.39, 0.29) is 29.6 Å². The third-order valence-corrected chi connectivity index (χ3v) is 7.16. The van der Waals surface area contributed by atoms with E-state index in [2.05, 4.69) is 21.9 Å². The number of nitrogens with one attached hydrogen (secondary N) is 2. The molecule has 7 nitrogen and oxygen atoms in total. The molecule has 0 spiro atoms. The maximum absolute atomic E-state index is 12.3. The molecule has 0 bridgehead atoms. The lowest BCUT2D eigenvalue weighted by Gasteiger charge is -2.15. The number of aryl methyl sites for hydroxylation is 1. The van der Waals surface area contributed by atoms with Crippen LogP contribution in [0.15, 0.2) is 29.2 Å². The van der Waals surface area contributed by atoms with Crippen LogP contribution in [0.2, 0.25) is 0 Å². The number of benzene rings is 1. The van der Waals surface area contributed by atoms with Gasteiger partial charge in [-0.15, -0.1) is 11.3 Å². The molecular formula is C19H23N3O4S2. The summed E-state index contributed by atoms with van der Waals surface area (Å²) < 4.78 is 27.0. The molecule has 1 aliphatic rings. The number of aromatic nitrogens is 1. The second kappa shape index (κ2) is 8.50. The molecule has 1 aromatic carbocycles. The SMILES string of the molecule is CC(=O)c1ccc(S(=O)(=O)NCCC(=O)Nc2nc3c(s2)CC(C)CC3)cc1. The van der Waals surface area contributed by atoms with Gasteiger partial charge in [0.1, 0.15) is 0 Å². The first-order chi connectivity index (χ1) is 13.2. The smallest absolute Gasteiger partial charge is 0.240 e. The first kappa shape index (κ1) is 20.6. The van der Waals surface area contributed by atoms with Crippen molar-refractivity contribution >= 4 is 38.2 Å². The van der Waals surface area contributed by atoms with E-state index < -0.39 is 10.0 Å². The second-order valence-electron chi connectivity index (χ2n) is 7.01. The summed E-state index contributed by atoms with van der Waals surface area (Å²) in [5, 5.41) is 3.33. The monoisotopic (exact) mass is 421 g/mol. The van der Waals surface area contributed by atoms with Crippen molar-refractivity contribution in [1.82, 2.24) is 9.71 Å². The molecule has 1 aromatic heterocycles. The number of carbonyl (C=O) groups is 2. The van der Waals surface area contributed by atoms with Crippen molar-refractivity contribution in [1.29, 1.82) is 0 Å². The van der Waals surface area contributed by atoms with Crippen molar-refractivity contribution in [3.63, 3.8) is 0 Å². The zero-order valence-corrected chi connectivity index (χ0v) is 17.5. The molecule has 0 saturated carbocycles. The highest BCUT2D eigenvalue weighted by Crippen LogP contribution is 2.32. The zero-order valence-electron chi connectivity index (χ0n) is 15.8. The summed E-state index contributed by atoms with van der Waals surface area (Å²) >= 11 is 1.50. The van der Waals surface area contributed by atoms with Crippen molar-refractivity contribution < 1.29 is 18.0 Å². The van der Waals surface area contributed by atoms with Gasteiger partial charge in [0.15, 0.2) is 10.9 Å². The van der Waals surface area contributed by atoms with Gasteiger partial charge in [0, 0.05) is 23.4 Å². The van der Waals surface area contributed by atoms with Crippen LogP contribution in [0.4, 0.5) is 5.13 Å². The van der Waals surface area contributed by atoms with Gasteiger partial charge in [0.2, 0.25) is 15.9 Å². The number of nitrogens with zero attached hydrogens (tertiary/aromatic N) is 1. The summed E-state index contributed by atoms with van der Waals surface area (Å²) in [4.78, 5) is 29.1. The Morgan fingerprint density at radius 2 is 1.96 bits per heavy atom. The summed E-state index contributed by atoms with van der Waals surface area (Å²) in [6.07, 6.45) is 3.04. The summed E-state index contributed by atoms with van der Waals surface area (Å²) in [7, 11) is -3.73. The van der Waals surface area contributed by atoms with Crippen LogP contribution >= 0.6 is 11.3 Å². The van der Waals surface area contributed by atoms with Crippen molar-refractivity contribution in [2.75, 3.05) is 11.9 Å². The number of carbonyl (C=O) groups excluding carboxylic acids is 2. The quantitative estimate of drug-likeness (QED) is 0.669. The molecule has 1 heterocycles. The normalized spacial score (nSPS) is 16.4. The zero-order chi connectivity index (χ0) is 20.3. The largest absolute Gasteiger partial charge is 0.302 e. The van der Waals surface area contributed by atoms with Crippen LogP contribution in [-0.2, 0) is 27.7 Å². The minimum absolute atomic E-state index is 0.00537. The maximum atomic E-state index is 12.3. The number of fused-ring (bicyclic) bond motifs is 1. The third-order valence-electron chi connectivity index (χ3n) is 4.65. The Balaban J connectivity index is 1.51. The summed E-state index contributed by atoms with van der Waals surface area (Å²) in [5.41, 5.74) is 1.51. The fourth-order valence-electron chi connectivity index (χ4n) is 3.03. The van der Waals surface area contributed by atoms with Gasteiger partial charge in [0.05, 0.1) is 10.6 Å². The lowest BCUT2D eigenvalue weighted by atomic mass is 9.93. The average molecular weight is 422 g/mol. The van der Waals surface area contributed by atoms with E-state index in [9.17, 15) is 18.0 Å². The topological polar surface area (TPSA) is 105 Å². The van der Waals surface area contributed by atoms with Gasteiger partial charge in [-0.1, -0.05) is 19.1 Å². The van der Waals surface area contributed by atoms with Crippen molar-refractivity contribution in [2.24, 2.45) is 5.92 Å². The number of amides is 1. The number of hydrogen-bond donors (Lipinski definition) is 2. The number of rotatable bonds is 7. The van der Waals surface area contributed by atoms with Gasteiger partial charge in [-0.2, -0.15) is 0 Å². The molecule has 1 aliphatic carbocycles. The fraction of sp³-hybridized carbons (Fsp3) is 0.421. The molecule has 150 valence electrons. The van der Waals surface area contributed by atoms with Crippen LogP contribution in [0.25, 0.3) is 0 Å². The molecule has 0 aliphatic heterocycles. The van der Waals surface area contributed by atoms with E-state index in [4.69, 9.17) is 0 Å². The number of sulfonamides is 1. The highest BCUT2D eigenvalue weighted by atomic mass is 32.2. The minimum atomic E-state index is -3.73. The Morgan fingerprint density at radius 1 is 1.25 bits per heavy atom. The van der Waals surface area contributed by atoms with E-state index in [1.54, 1.807) is 0 Å². The lowest BCUT2D eigenvalue weighted by molar-refractivity contribution is -0.116. The molecule has 1 unspecified atom stereocenters. The van der Waals surface area contributed by atoms with Crippen molar-refractivity contribution in [3.8, 4) is 0 Å². The van der Waals surface area contributed by atoms with Crippen LogP contribution in [0.3, 0.4) is 0 Å². The number of ketones is 1. The molecular weight excluding hydrogens is 398 g/mol. The first-order valence-corrected chi connectivity index (χ1v) is 11.4. The Hall–Kier alpha value is -2.10. The summed E-state index contributed by atoms with van der Waals surface area (Å²) in [6, 6.07) is 5.68. The van der Waals surface area contributed by atoms with Gasteiger partial charge in [-0.3, -0.25) is 9.59 Å². The molecule has 0 fully saturated rings. The number of Topliss-reactive ketones (excluding diaryl/α,β-unsaturated/α-hetero) is 1. The molecule has 2 N–H and O–H groups in total. The average Bonchev–Trinajstić information content (AvgIpc) is 3.02. The number of anilines is 1. The molecule has 2 aromatic rings. The number of thiazole rings is 1. The van der Waals surface area contributed by atoms with Crippen molar-refractivity contribution in [3.05, 3.63) is 40.4 Å². The second-order valence-corrected chi connectivity index (χ2v) is 9.86. The van der Waals surface area contributed by atoms with E-state index in [0.717, 1.165) is 25.0 Å². The van der Waals surface area contributed by atoms with Crippen molar-refractivity contribution in [2.45, 2.75) is 44.4 Å². The highest BCUT2D eigenvalue weighted by molar-refractivity contribution is 7.89. The predicted molar refractivity (Wildman–Crippen MR) is 108 cm³/mol. The van der Waals surface area contributed by atoms with Crippen LogP contribution in [0.5, 0.6) is 0 Å². The molecule has 1 atom stereocenters. The first-order valence-electron chi connectivity index (χ1n) is 9.13. The van der Waals surface area contributed by atoms with Crippen LogP contribution in [0, 0.1) is 5.92 Å². The molecule has 0 radical (unpaired) electrons. The minimum Gasteiger partial charge on any atom is -0.302 e. The predicted octanol–water partition coefficient (Wildman–Crippen LogP) is 2.78. The van der Waals surface area contributed by atoms with Gasteiger partial charge in [-0.25, -0.2) is 18.1 Å². The Labute approximate surface area is 168 Å². The van der Waals surface area contributed by atoms with E-state index in [0.29, 0.717) is 16.6 Å². The Bertz CT molecular complexity index is 981.